The summed E-state index contributed by atoms with van der Waals surface area (Å²) in [6, 6.07) is 13.8. The smallest absolute Gasteiger partial charge is 0.119 e. The molecule has 1 aliphatic rings. The maximum absolute atomic E-state index is 9.98. The normalized spacial score (nSPS) is 14.7. The summed E-state index contributed by atoms with van der Waals surface area (Å²) in [5.74, 6) is 1.29. The lowest BCUT2D eigenvalue weighted by Crippen LogP contribution is -2.03. The fraction of sp³-hybridized carbons (Fsp3) is 0.235. The van der Waals surface area contributed by atoms with Crippen molar-refractivity contribution in [3.63, 3.8) is 0 Å². The second kappa shape index (κ2) is 4.78. The predicted octanol–water partition coefficient (Wildman–Crippen LogP) is 4.32. The van der Waals surface area contributed by atoms with Crippen molar-refractivity contribution < 1.29 is 5.11 Å². The molecular formula is C17H15ClN2O. The Morgan fingerprint density at radius 1 is 1.14 bits per heavy atom. The topological polar surface area (TPSA) is 38.1 Å². The van der Waals surface area contributed by atoms with E-state index in [-0.39, 0.29) is 0 Å². The van der Waals surface area contributed by atoms with Crippen LogP contribution in [0.1, 0.15) is 30.3 Å². The largest absolute Gasteiger partial charge is 0.508 e. The summed E-state index contributed by atoms with van der Waals surface area (Å²) >= 11 is 6.37. The van der Waals surface area contributed by atoms with Crippen LogP contribution in [0.15, 0.2) is 42.5 Å². The van der Waals surface area contributed by atoms with Crippen molar-refractivity contribution in [2.45, 2.75) is 25.3 Å². The third-order valence-electron chi connectivity index (χ3n) is 3.99. The molecule has 1 saturated carbocycles. The van der Waals surface area contributed by atoms with Crippen LogP contribution >= 0.6 is 11.6 Å². The van der Waals surface area contributed by atoms with Gasteiger partial charge in [-0.05, 0) is 31.0 Å². The van der Waals surface area contributed by atoms with Gasteiger partial charge in [0.25, 0.3) is 0 Å². The van der Waals surface area contributed by atoms with Crippen LogP contribution < -0.4 is 0 Å². The highest BCUT2D eigenvalue weighted by Gasteiger charge is 2.29. The number of phenolic OH excluding ortho intramolecular Hbond substituents is 1. The lowest BCUT2D eigenvalue weighted by molar-refractivity contribution is 0.468. The zero-order valence-electron chi connectivity index (χ0n) is 11.5. The minimum absolute atomic E-state index is 0.318. The Hall–Kier alpha value is -2.00. The molecule has 4 heteroatoms. The van der Waals surface area contributed by atoms with Gasteiger partial charge in [0.2, 0.25) is 0 Å². The van der Waals surface area contributed by atoms with Crippen molar-refractivity contribution in [2.75, 3.05) is 0 Å². The SMILES string of the molecule is Oc1ccccc1Cc1nc2cccc(Cl)c2n1C1CC1. The summed E-state index contributed by atoms with van der Waals surface area (Å²) in [6.45, 7) is 0. The number of fused-ring (bicyclic) bond motifs is 1. The van der Waals surface area contributed by atoms with Crippen LogP contribution in [0, 0.1) is 0 Å². The Morgan fingerprint density at radius 2 is 1.95 bits per heavy atom. The quantitative estimate of drug-likeness (QED) is 0.782. The molecule has 1 heterocycles. The van der Waals surface area contributed by atoms with E-state index in [4.69, 9.17) is 16.6 Å². The molecular weight excluding hydrogens is 284 g/mol. The summed E-state index contributed by atoms with van der Waals surface area (Å²) < 4.78 is 2.25. The van der Waals surface area contributed by atoms with Gasteiger partial charge in [0.1, 0.15) is 11.6 Å². The minimum atomic E-state index is 0.318. The Kier molecular flexibility index (Phi) is 2.89. The van der Waals surface area contributed by atoms with Crippen molar-refractivity contribution in [1.29, 1.82) is 0 Å². The molecule has 0 amide bonds. The van der Waals surface area contributed by atoms with Gasteiger partial charge in [-0.2, -0.15) is 0 Å². The van der Waals surface area contributed by atoms with Crippen molar-refractivity contribution in [3.05, 3.63) is 58.9 Å². The first-order valence-electron chi connectivity index (χ1n) is 7.16. The fourth-order valence-corrected chi connectivity index (χ4v) is 3.10. The maximum Gasteiger partial charge on any atom is 0.119 e. The highest BCUT2D eigenvalue weighted by atomic mass is 35.5. The molecule has 0 spiro atoms. The Bertz CT molecular complexity index is 821. The number of imidazole rings is 1. The van der Waals surface area contributed by atoms with E-state index in [2.05, 4.69) is 4.57 Å². The Balaban J connectivity index is 1.87. The van der Waals surface area contributed by atoms with E-state index in [0.717, 1.165) is 27.4 Å². The van der Waals surface area contributed by atoms with E-state index in [1.165, 1.54) is 12.8 Å². The van der Waals surface area contributed by atoms with Crippen molar-refractivity contribution in [3.8, 4) is 5.75 Å². The van der Waals surface area contributed by atoms with Gasteiger partial charge >= 0.3 is 0 Å². The molecule has 1 N–H and O–H groups in total. The molecule has 0 saturated heterocycles. The molecule has 3 aromatic rings. The molecule has 0 radical (unpaired) electrons. The third-order valence-corrected chi connectivity index (χ3v) is 4.29. The average molecular weight is 299 g/mol. The van der Waals surface area contributed by atoms with E-state index < -0.39 is 0 Å². The van der Waals surface area contributed by atoms with Crippen LogP contribution in [0.25, 0.3) is 11.0 Å². The van der Waals surface area contributed by atoms with Gasteiger partial charge in [0.05, 0.1) is 16.1 Å². The van der Waals surface area contributed by atoms with E-state index in [0.29, 0.717) is 18.2 Å². The zero-order chi connectivity index (χ0) is 14.4. The molecule has 0 aliphatic heterocycles. The summed E-state index contributed by atoms with van der Waals surface area (Å²) in [4.78, 5) is 4.74. The van der Waals surface area contributed by atoms with Crippen LogP contribution in [-0.2, 0) is 6.42 Å². The molecule has 21 heavy (non-hydrogen) atoms. The number of para-hydroxylation sites is 2. The second-order valence-corrected chi connectivity index (χ2v) is 5.95. The molecule has 4 rings (SSSR count). The summed E-state index contributed by atoms with van der Waals surface area (Å²) in [5.41, 5.74) is 2.85. The van der Waals surface area contributed by atoms with Gasteiger partial charge in [-0.3, -0.25) is 0 Å². The summed E-state index contributed by atoms with van der Waals surface area (Å²) in [7, 11) is 0. The maximum atomic E-state index is 9.98. The Morgan fingerprint density at radius 3 is 2.71 bits per heavy atom. The van der Waals surface area contributed by atoms with Crippen LogP contribution in [0.3, 0.4) is 0 Å². The standard InChI is InChI=1S/C17H15ClN2O/c18-13-5-3-6-14-17(13)20(12-8-9-12)16(19-14)10-11-4-1-2-7-15(11)21/h1-7,12,21H,8-10H2. The van der Waals surface area contributed by atoms with Gasteiger partial charge in [-0.15, -0.1) is 0 Å². The Labute approximate surface area is 127 Å². The van der Waals surface area contributed by atoms with Gasteiger partial charge in [0, 0.05) is 18.0 Å². The number of aromatic nitrogens is 2. The van der Waals surface area contributed by atoms with E-state index >= 15 is 0 Å². The third kappa shape index (κ3) is 2.18. The van der Waals surface area contributed by atoms with Crippen LogP contribution in [0.4, 0.5) is 0 Å². The molecule has 2 aromatic carbocycles. The molecule has 1 aliphatic carbocycles. The number of hydrogen-bond acceptors (Lipinski definition) is 2. The van der Waals surface area contributed by atoms with Crippen molar-refractivity contribution in [2.24, 2.45) is 0 Å². The molecule has 0 bridgehead atoms. The van der Waals surface area contributed by atoms with Gasteiger partial charge in [0.15, 0.2) is 0 Å². The second-order valence-electron chi connectivity index (χ2n) is 5.54. The number of phenols is 1. The van der Waals surface area contributed by atoms with Crippen LogP contribution in [-0.4, -0.2) is 14.7 Å². The first kappa shape index (κ1) is 12.7. The lowest BCUT2D eigenvalue weighted by Gasteiger charge is -2.09. The van der Waals surface area contributed by atoms with Gasteiger partial charge in [-0.1, -0.05) is 35.9 Å². The molecule has 1 aromatic heterocycles. The lowest BCUT2D eigenvalue weighted by atomic mass is 10.1. The molecule has 3 nitrogen and oxygen atoms in total. The number of benzene rings is 2. The van der Waals surface area contributed by atoms with Gasteiger partial charge in [-0.25, -0.2) is 4.98 Å². The number of halogens is 1. The molecule has 1 fully saturated rings. The van der Waals surface area contributed by atoms with Crippen LogP contribution in [0.5, 0.6) is 5.75 Å². The molecule has 0 unspecified atom stereocenters. The number of nitrogens with zero attached hydrogens (tertiary/aromatic N) is 2. The molecule has 106 valence electrons. The first-order valence-corrected chi connectivity index (χ1v) is 7.54. The van der Waals surface area contributed by atoms with Crippen molar-refractivity contribution in [1.82, 2.24) is 9.55 Å². The molecule has 0 atom stereocenters. The van der Waals surface area contributed by atoms with Gasteiger partial charge < -0.3 is 9.67 Å². The summed E-state index contributed by atoms with van der Waals surface area (Å²) in [6.07, 6.45) is 2.96. The fourth-order valence-electron chi connectivity index (χ4n) is 2.84. The van der Waals surface area contributed by atoms with E-state index in [9.17, 15) is 5.11 Å². The summed E-state index contributed by atoms with van der Waals surface area (Å²) in [5, 5.41) is 10.7. The highest BCUT2D eigenvalue weighted by molar-refractivity contribution is 6.35. The van der Waals surface area contributed by atoms with Crippen molar-refractivity contribution >= 4 is 22.6 Å². The zero-order valence-corrected chi connectivity index (χ0v) is 12.2. The monoisotopic (exact) mass is 298 g/mol. The van der Waals surface area contributed by atoms with E-state index in [1.807, 2.05) is 36.4 Å². The van der Waals surface area contributed by atoms with Crippen LogP contribution in [0.2, 0.25) is 5.02 Å². The van der Waals surface area contributed by atoms with E-state index in [1.54, 1.807) is 6.07 Å². The average Bonchev–Trinajstić information content (AvgIpc) is 3.23. The number of rotatable bonds is 3. The number of aromatic hydroxyl groups is 1. The minimum Gasteiger partial charge on any atom is -0.508 e. The predicted molar refractivity (Wildman–Crippen MR) is 83.9 cm³/mol. The number of hydrogen-bond donors (Lipinski definition) is 1. The first-order chi connectivity index (χ1) is 10.2. The highest BCUT2D eigenvalue weighted by Crippen LogP contribution is 2.41.